The third kappa shape index (κ3) is 9.72. The summed E-state index contributed by atoms with van der Waals surface area (Å²) in [7, 11) is 0. The average Bonchev–Trinajstić information content (AvgIpc) is 4.13. The van der Waals surface area contributed by atoms with Crippen LogP contribution < -0.4 is 20.0 Å². The summed E-state index contributed by atoms with van der Waals surface area (Å²) in [5, 5.41) is 3.61. The van der Waals surface area contributed by atoms with Crippen LogP contribution in [0.2, 0.25) is 0 Å². The Morgan fingerprint density at radius 3 is 1.72 bits per heavy atom. The Balaban J connectivity index is 0.000000207. The molecule has 0 saturated heterocycles. The standard InChI is InChI=1S/C40H37N3.C20H19N/c1-30-12-10-17-37(28-30)42(33-13-8-5-9-14-33)35-23-19-31(20-24-35)41-32-21-25-36(26-22-32)43(34-15-6-3-4-7-16-34)39-18-11-27-40(2)29-38(39)40;1-17-9-8-14-20(16-15-17)21(18-10-4-2-5-11-18)19-12-6-3-7-13-19/h3,5-28,38,41H,4,29H2,1-2H3;2-15H,16H2,1H3. The molecule has 1 N–H and O–H groups in total. The van der Waals surface area contributed by atoms with Gasteiger partial charge < -0.3 is 20.0 Å². The van der Waals surface area contributed by atoms with Gasteiger partial charge in [0.1, 0.15) is 0 Å². The number of para-hydroxylation sites is 3. The molecule has 0 radical (unpaired) electrons. The summed E-state index contributed by atoms with van der Waals surface area (Å²) in [5.41, 5.74) is 15.8. The molecule has 4 aliphatic rings. The van der Waals surface area contributed by atoms with Gasteiger partial charge >= 0.3 is 0 Å². The van der Waals surface area contributed by atoms with Crippen molar-refractivity contribution in [1.82, 2.24) is 0 Å². The molecular formula is C60H56N4. The van der Waals surface area contributed by atoms with E-state index in [1.165, 1.54) is 51.7 Å². The van der Waals surface area contributed by atoms with Crippen LogP contribution in [-0.2, 0) is 0 Å². The first kappa shape index (κ1) is 41.8. The zero-order valence-corrected chi connectivity index (χ0v) is 37.1. The van der Waals surface area contributed by atoms with Crippen molar-refractivity contribution in [1.29, 1.82) is 0 Å². The molecule has 10 rings (SSSR count). The third-order valence-corrected chi connectivity index (χ3v) is 12.3. The molecule has 4 aliphatic carbocycles. The van der Waals surface area contributed by atoms with Crippen LogP contribution in [0.25, 0.3) is 0 Å². The molecule has 4 heteroatoms. The molecule has 1 fully saturated rings. The molecule has 0 amide bonds. The fourth-order valence-electron chi connectivity index (χ4n) is 8.74. The molecule has 2 atom stereocenters. The van der Waals surface area contributed by atoms with E-state index >= 15 is 0 Å². The minimum atomic E-state index is 0.288. The summed E-state index contributed by atoms with van der Waals surface area (Å²) in [4.78, 5) is 7.05. The maximum atomic E-state index is 3.61. The normalized spacial score (nSPS) is 18.1. The minimum absolute atomic E-state index is 0.288. The molecular weight excluding hydrogens is 777 g/mol. The molecule has 0 aliphatic heterocycles. The number of nitrogens with one attached hydrogen (secondary N) is 1. The summed E-state index contributed by atoms with van der Waals surface area (Å²) < 4.78 is 0. The second-order valence-electron chi connectivity index (χ2n) is 17.1. The van der Waals surface area contributed by atoms with Crippen molar-refractivity contribution in [2.24, 2.45) is 11.3 Å². The Labute approximate surface area is 380 Å². The Morgan fingerprint density at radius 1 is 0.516 bits per heavy atom. The molecule has 4 nitrogen and oxygen atoms in total. The molecule has 6 aromatic rings. The van der Waals surface area contributed by atoms with Gasteiger partial charge in [0.25, 0.3) is 0 Å². The van der Waals surface area contributed by atoms with E-state index in [4.69, 9.17) is 0 Å². The monoisotopic (exact) mass is 832 g/mol. The topological polar surface area (TPSA) is 21.8 Å². The first-order valence-corrected chi connectivity index (χ1v) is 22.5. The smallest absolute Gasteiger partial charge is 0.0464 e. The van der Waals surface area contributed by atoms with Gasteiger partial charge in [-0.25, -0.2) is 0 Å². The van der Waals surface area contributed by atoms with E-state index in [0.717, 1.165) is 41.3 Å². The van der Waals surface area contributed by atoms with E-state index < -0.39 is 0 Å². The molecule has 0 aromatic heterocycles. The predicted octanol–water partition coefficient (Wildman–Crippen LogP) is 16.5. The lowest BCUT2D eigenvalue weighted by molar-refractivity contribution is 0.660. The van der Waals surface area contributed by atoms with Crippen LogP contribution in [0, 0.1) is 18.3 Å². The Kier molecular flexibility index (Phi) is 12.6. The SMILES string of the molecule is CC1=CCC(N(c2ccccc2)c2ccccc2)=CC=C1.Cc1cccc(N(c2ccccc2)c2ccc(Nc3ccc(N(C4=CC=CCC=C4)C4=CC=CC5(C)CC45)cc3)cc2)c1. The number of anilines is 8. The van der Waals surface area contributed by atoms with Crippen LogP contribution in [0.5, 0.6) is 0 Å². The van der Waals surface area contributed by atoms with Crippen molar-refractivity contribution in [2.45, 2.75) is 40.0 Å². The van der Waals surface area contributed by atoms with Gasteiger partial charge in [-0.3, -0.25) is 0 Å². The highest BCUT2D eigenvalue weighted by Gasteiger charge is 2.52. The van der Waals surface area contributed by atoms with Crippen LogP contribution in [0.3, 0.4) is 0 Å². The molecule has 1 saturated carbocycles. The lowest BCUT2D eigenvalue weighted by Crippen LogP contribution is -2.24. The molecule has 0 heterocycles. The summed E-state index contributed by atoms with van der Waals surface area (Å²) in [6.45, 7) is 6.65. The van der Waals surface area contributed by atoms with Gasteiger partial charge in [0, 0.05) is 74.9 Å². The van der Waals surface area contributed by atoms with Crippen LogP contribution in [-0.4, -0.2) is 0 Å². The number of benzene rings is 6. The van der Waals surface area contributed by atoms with Crippen LogP contribution >= 0.6 is 0 Å². The molecule has 64 heavy (non-hydrogen) atoms. The number of hydrogen-bond donors (Lipinski definition) is 1. The van der Waals surface area contributed by atoms with Crippen LogP contribution in [0.4, 0.5) is 45.5 Å². The van der Waals surface area contributed by atoms with Crippen molar-refractivity contribution in [3.8, 4) is 0 Å². The van der Waals surface area contributed by atoms with Gasteiger partial charge in [-0.2, -0.15) is 0 Å². The van der Waals surface area contributed by atoms with Crippen molar-refractivity contribution in [3.63, 3.8) is 0 Å². The molecule has 2 unspecified atom stereocenters. The lowest BCUT2D eigenvalue weighted by atomic mass is 9.98. The quantitative estimate of drug-likeness (QED) is 0.140. The number of aryl methyl sites for hydroxylation is 1. The lowest BCUT2D eigenvalue weighted by Gasteiger charge is -2.31. The van der Waals surface area contributed by atoms with E-state index in [0.29, 0.717) is 5.92 Å². The molecule has 6 aromatic carbocycles. The number of fused-ring (bicyclic) bond motifs is 1. The minimum Gasteiger partial charge on any atom is -0.356 e. The fourth-order valence-corrected chi connectivity index (χ4v) is 8.74. The highest BCUT2D eigenvalue weighted by Crippen LogP contribution is 2.60. The van der Waals surface area contributed by atoms with Gasteiger partial charge in [-0.15, -0.1) is 0 Å². The van der Waals surface area contributed by atoms with Crippen molar-refractivity contribution in [3.05, 3.63) is 265 Å². The average molecular weight is 833 g/mol. The van der Waals surface area contributed by atoms with Gasteiger partial charge in [0.15, 0.2) is 0 Å². The summed E-state index contributed by atoms with van der Waals surface area (Å²) in [6.07, 6.45) is 29.9. The van der Waals surface area contributed by atoms with E-state index in [2.05, 4.69) is 277 Å². The van der Waals surface area contributed by atoms with Gasteiger partial charge in [0.05, 0.1) is 0 Å². The maximum absolute atomic E-state index is 3.61. The first-order valence-electron chi connectivity index (χ1n) is 22.5. The second-order valence-corrected chi connectivity index (χ2v) is 17.1. The number of allylic oxidation sites excluding steroid dienone is 14. The van der Waals surface area contributed by atoms with Crippen LogP contribution in [0.1, 0.15) is 38.7 Å². The molecule has 0 spiro atoms. The number of rotatable bonds is 11. The van der Waals surface area contributed by atoms with E-state index in [9.17, 15) is 0 Å². The Morgan fingerprint density at radius 2 is 1.09 bits per heavy atom. The van der Waals surface area contributed by atoms with Gasteiger partial charge in [-0.05, 0) is 159 Å². The first-order chi connectivity index (χ1) is 31.4. The largest absolute Gasteiger partial charge is 0.356 e. The third-order valence-electron chi connectivity index (χ3n) is 12.3. The zero-order chi connectivity index (χ0) is 43.7. The zero-order valence-electron chi connectivity index (χ0n) is 37.1. The van der Waals surface area contributed by atoms with Crippen LogP contribution in [0.15, 0.2) is 259 Å². The van der Waals surface area contributed by atoms with Crippen molar-refractivity contribution >= 4 is 45.5 Å². The number of nitrogens with zero attached hydrogens (tertiary/aromatic N) is 3. The highest BCUT2D eigenvalue weighted by atomic mass is 15.2. The second kappa shape index (κ2) is 19.2. The van der Waals surface area contributed by atoms with E-state index in [-0.39, 0.29) is 5.41 Å². The summed E-state index contributed by atoms with van der Waals surface area (Å²) >= 11 is 0. The summed E-state index contributed by atoms with van der Waals surface area (Å²) in [5.74, 6) is 0.561. The Bertz CT molecular complexity index is 2750. The van der Waals surface area contributed by atoms with E-state index in [1.54, 1.807) is 0 Å². The summed E-state index contributed by atoms with van der Waals surface area (Å²) in [6, 6.07) is 57.7. The molecule has 0 bridgehead atoms. The van der Waals surface area contributed by atoms with Gasteiger partial charge in [-0.1, -0.05) is 128 Å². The maximum Gasteiger partial charge on any atom is 0.0464 e. The predicted molar refractivity (Wildman–Crippen MR) is 273 cm³/mol. The molecule has 316 valence electrons. The Hall–Kier alpha value is -7.56. The van der Waals surface area contributed by atoms with Crippen molar-refractivity contribution in [2.75, 3.05) is 20.0 Å². The number of hydrogen-bond acceptors (Lipinski definition) is 4. The van der Waals surface area contributed by atoms with Gasteiger partial charge in [0.2, 0.25) is 0 Å². The van der Waals surface area contributed by atoms with Crippen molar-refractivity contribution < 1.29 is 0 Å². The highest BCUT2D eigenvalue weighted by molar-refractivity contribution is 5.78. The van der Waals surface area contributed by atoms with E-state index in [1.807, 2.05) is 0 Å². The fraction of sp³-hybridized carbons (Fsp3) is 0.133.